The molecule has 2 aromatic heterocycles. The molecule has 1 aromatic carbocycles. The molecule has 0 saturated carbocycles. The van der Waals surface area contributed by atoms with Crippen LogP contribution in [-0.2, 0) is 7.05 Å². The second-order valence-electron chi connectivity index (χ2n) is 4.51. The fourth-order valence-electron chi connectivity index (χ4n) is 2.12. The molecule has 3 rings (SSSR count). The Hall–Kier alpha value is -1.65. The summed E-state index contributed by atoms with van der Waals surface area (Å²) in [6, 6.07) is 10.4. The molecular formula is C14H15N3S. The van der Waals surface area contributed by atoms with Crippen molar-refractivity contribution in [2.24, 2.45) is 12.8 Å². The molecule has 18 heavy (non-hydrogen) atoms. The molecular weight excluding hydrogens is 242 g/mol. The standard InChI is InChI=1S/C14H15N3S/c1-9(15)10-5-6-11-12(8-10)17(2)14(16-11)13-4-3-7-18-13/h3-9H,15H2,1-2H3. The summed E-state index contributed by atoms with van der Waals surface area (Å²) < 4.78 is 2.13. The lowest BCUT2D eigenvalue weighted by atomic mass is 10.1. The fraction of sp³-hybridized carbons (Fsp3) is 0.214. The third-order valence-corrected chi connectivity index (χ3v) is 4.04. The van der Waals surface area contributed by atoms with Crippen LogP contribution in [0.5, 0.6) is 0 Å². The molecule has 2 N–H and O–H groups in total. The largest absolute Gasteiger partial charge is 0.326 e. The number of hydrogen-bond donors (Lipinski definition) is 1. The molecule has 0 radical (unpaired) electrons. The summed E-state index contributed by atoms with van der Waals surface area (Å²) in [5.74, 6) is 1.02. The molecule has 0 aliphatic heterocycles. The maximum absolute atomic E-state index is 5.93. The molecule has 3 aromatic rings. The molecule has 0 amide bonds. The van der Waals surface area contributed by atoms with Crippen LogP contribution in [0.25, 0.3) is 21.7 Å². The molecule has 1 atom stereocenters. The highest BCUT2D eigenvalue weighted by Gasteiger charge is 2.11. The summed E-state index contributed by atoms with van der Waals surface area (Å²) in [6.07, 6.45) is 0. The summed E-state index contributed by atoms with van der Waals surface area (Å²) in [6.45, 7) is 2.00. The molecule has 0 aliphatic rings. The molecule has 3 nitrogen and oxygen atoms in total. The van der Waals surface area contributed by atoms with Crippen molar-refractivity contribution in [1.29, 1.82) is 0 Å². The smallest absolute Gasteiger partial charge is 0.150 e. The van der Waals surface area contributed by atoms with E-state index in [1.165, 1.54) is 4.88 Å². The number of aryl methyl sites for hydroxylation is 1. The minimum Gasteiger partial charge on any atom is -0.326 e. The summed E-state index contributed by atoms with van der Waals surface area (Å²) in [5, 5.41) is 2.07. The number of nitrogens with two attached hydrogens (primary N) is 1. The third kappa shape index (κ3) is 1.74. The molecule has 2 heterocycles. The molecule has 0 spiro atoms. The maximum Gasteiger partial charge on any atom is 0.150 e. The van der Waals surface area contributed by atoms with Gasteiger partial charge in [0.05, 0.1) is 15.9 Å². The van der Waals surface area contributed by atoms with Gasteiger partial charge in [-0.1, -0.05) is 12.1 Å². The Bertz CT molecular complexity index is 680. The molecule has 0 aliphatic carbocycles. The van der Waals surface area contributed by atoms with Crippen LogP contribution in [0.15, 0.2) is 35.7 Å². The van der Waals surface area contributed by atoms with E-state index in [4.69, 9.17) is 5.73 Å². The number of imidazole rings is 1. The van der Waals surface area contributed by atoms with Crippen LogP contribution in [-0.4, -0.2) is 9.55 Å². The molecule has 0 bridgehead atoms. The van der Waals surface area contributed by atoms with E-state index in [0.717, 1.165) is 22.4 Å². The van der Waals surface area contributed by atoms with Gasteiger partial charge in [0, 0.05) is 13.1 Å². The lowest BCUT2D eigenvalue weighted by Gasteiger charge is -2.05. The first-order valence-electron chi connectivity index (χ1n) is 5.92. The van der Waals surface area contributed by atoms with Gasteiger partial charge < -0.3 is 10.3 Å². The quantitative estimate of drug-likeness (QED) is 0.765. The van der Waals surface area contributed by atoms with Gasteiger partial charge in [-0.25, -0.2) is 4.98 Å². The lowest BCUT2D eigenvalue weighted by molar-refractivity contribution is 0.818. The van der Waals surface area contributed by atoms with Gasteiger partial charge in [-0.2, -0.15) is 0 Å². The Morgan fingerprint density at radius 2 is 2.17 bits per heavy atom. The van der Waals surface area contributed by atoms with Crippen molar-refractivity contribution in [3.8, 4) is 10.7 Å². The van der Waals surface area contributed by atoms with Crippen LogP contribution >= 0.6 is 11.3 Å². The summed E-state index contributed by atoms with van der Waals surface area (Å²) in [4.78, 5) is 5.88. The number of thiophene rings is 1. The number of nitrogens with zero attached hydrogens (tertiary/aromatic N) is 2. The molecule has 4 heteroatoms. The highest BCUT2D eigenvalue weighted by molar-refractivity contribution is 7.13. The fourth-order valence-corrected chi connectivity index (χ4v) is 2.87. The van der Waals surface area contributed by atoms with Crippen molar-refractivity contribution in [2.45, 2.75) is 13.0 Å². The van der Waals surface area contributed by atoms with E-state index < -0.39 is 0 Å². The highest BCUT2D eigenvalue weighted by Crippen LogP contribution is 2.28. The monoisotopic (exact) mass is 257 g/mol. The summed E-state index contributed by atoms with van der Waals surface area (Å²) in [7, 11) is 2.05. The van der Waals surface area contributed by atoms with Crippen LogP contribution < -0.4 is 5.73 Å². The average Bonchev–Trinajstić information content (AvgIpc) is 2.97. The topological polar surface area (TPSA) is 43.8 Å². The zero-order chi connectivity index (χ0) is 12.7. The Kier molecular flexibility index (Phi) is 2.69. The van der Waals surface area contributed by atoms with E-state index in [1.54, 1.807) is 11.3 Å². The Labute approximate surface area is 110 Å². The van der Waals surface area contributed by atoms with E-state index in [9.17, 15) is 0 Å². The Balaban J connectivity index is 2.22. The summed E-state index contributed by atoms with van der Waals surface area (Å²) in [5.41, 5.74) is 9.22. The number of benzene rings is 1. The van der Waals surface area contributed by atoms with Crippen LogP contribution in [0.2, 0.25) is 0 Å². The number of fused-ring (bicyclic) bond motifs is 1. The SMILES string of the molecule is CC(N)c1ccc2nc(-c3cccs3)n(C)c2c1. The van der Waals surface area contributed by atoms with Gasteiger partial charge in [-0.15, -0.1) is 11.3 Å². The molecule has 0 saturated heterocycles. The zero-order valence-corrected chi connectivity index (χ0v) is 11.2. The Morgan fingerprint density at radius 3 is 2.83 bits per heavy atom. The third-order valence-electron chi connectivity index (χ3n) is 3.17. The first-order valence-corrected chi connectivity index (χ1v) is 6.80. The minimum absolute atomic E-state index is 0.0505. The van der Waals surface area contributed by atoms with Crippen LogP contribution in [0.3, 0.4) is 0 Å². The van der Waals surface area contributed by atoms with E-state index in [0.29, 0.717) is 0 Å². The van der Waals surface area contributed by atoms with Gasteiger partial charge in [0.1, 0.15) is 0 Å². The normalized spacial score (nSPS) is 13.1. The first-order chi connectivity index (χ1) is 8.66. The number of aromatic nitrogens is 2. The van der Waals surface area contributed by atoms with Gasteiger partial charge in [0.2, 0.25) is 0 Å². The van der Waals surface area contributed by atoms with E-state index in [1.807, 2.05) is 19.1 Å². The molecule has 0 fully saturated rings. The predicted molar refractivity (Wildman–Crippen MR) is 76.6 cm³/mol. The van der Waals surface area contributed by atoms with Gasteiger partial charge in [0.25, 0.3) is 0 Å². The van der Waals surface area contributed by atoms with Crippen molar-refractivity contribution in [1.82, 2.24) is 9.55 Å². The van der Waals surface area contributed by atoms with Crippen LogP contribution in [0.1, 0.15) is 18.5 Å². The number of hydrogen-bond acceptors (Lipinski definition) is 3. The van der Waals surface area contributed by atoms with Crippen molar-refractivity contribution < 1.29 is 0 Å². The van der Waals surface area contributed by atoms with E-state index in [2.05, 4.69) is 40.2 Å². The van der Waals surface area contributed by atoms with E-state index in [-0.39, 0.29) is 6.04 Å². The highest BCUT2D eigenvalue weighted by atomic mass is 32.1. The van der Waals surface area contributed by atoms with Gasteiger partial charge >= 0.3 is 0 Å². The minimum atomic E-state index is 0.0505. The van der Waals surface area contributed by atoms with Crippen molar-refractivity contribution in [3.63, 3.8) is 0 Å². The van der Waals surface area contributed by atoms with Crippen molar-refractivity contribution in [3.05, 3.63) is 41.3 Å². The molecule has 1 unspecified atom stereocenters. The Morgan fingerprint density at radius 1 is 1.33 bits per heavy atom. The predicted octanol–water partition coefficient (Wildman–Crippen LogP) is 3.32. The summed E-state index contributed by atoms with van der Waals surface area (Å²) >= 11 is 1.71. The second-order valence-corrected chi connectivity index (χ2v) is 5.46. The second kappa shape index (κ2) is 4.23. The van der Waals surface area contributed by atoms with Gasteiger partial charge in [-0.05, 0) is 36.1 Å². The maximum atomic E-state index is 5.93. The lowest BCUT2D eigenvalue weighted by Crippen LogP contribution is -2.04. The van der Waals surface area contributed by atoms with Crippen LogP contribution in [0.4, 0.5) is 0 Å². The van der Waals surface area contributed by atoms with Crippen molar-refractivity contribution in [2.75, 3.05) is 0 Å². The van der Waals surface area contributed by atoms with Gasteiger partial charge in [0.15, 0.2) is 5.82 Å². The average molecular weight is 257 g/mol. The zero-order valence-electron chi connectivity index (χ0n) is 10.4. The first kappa shape index (κ1) is 11.4. The van der Waals surface area contributed by atoms with Gasteiger partial charge in [-0.3, -0.25) is 0 Å². The van der Waals surface area contributed by atoms with Crippen molar-refractivity contribution >= 4 is 22.4 Å². The number of rotatable bonds is 2. The van der Waals surface area contributed by atoms with Crippen LogP contribution in [0, 0.1) is 0 Å². The van der Waals surface area contributed by atoms with E-state index >= 15 is 0 Å². The molecule has 92 valence electrons.